The highest BCUT2D eigenvalue weighted by Gasteiger charge is 2.28. The molecule has 168 valence electrons. The maximum atomic E-state index is 13.4. The van der Waals surface area contributed by atoms with Crippen molar-refractivity contribution in [1.82, 2.24) is 24.5 Å². The van der Waals surface area contributed by atoms with Crippen LogP contribution in [0, 0.1) is 13.8 Å². The molecule has 0 saturated carbocycles. The van der Waals surface area contributed by atoms with Crippen LogP contribution < -0.4 is 4.74 Å². The summed E-state index contributed by atoms with van der Waals surface area (Å²) in [6.45, 7) is 5.35. The first-order valence-corrected chi connectivity index (χ1v) is 11.2. The second kappa shape index (κ2) is 8.65. The van der Waals surface area contributed by atoms with Crippen LogP contribution in [-0.2, 0) is 0 Å². The molecule has 0 bridgehead atoms. The summed E-state index contributed by atoms with van der Waals surface area (Å²) in [5.41, 5.74) is 6.41. The van der Waals surface area contributed by atoms with Gasteiger partial charge in [-0.2, -0.15) is 5.10 Å². The van der Waals surface area contributed by atoms with Crippen molar-refractivity contribution in [1.29, 1.82) is 0 Å². The van der Waals surface area contributed by atoms with Crippen molar-refractivity contribution in [2.45, 2.75) is 32.6 Å². The van der Waals surface area contributed by atoms with Gasteiger partial charge in [0.25, 0.3) is 5.91 Å². The van der Waals surface area contributed by atoms with Crippen molar-refractivity contribution in [3.8, 4) is 16.9 Å². The number of nitrogens with zero attached hydrogens (tertiary/aromatic N) is 5. The van der Waals surface area contributed by atoms with Crippen LogP contribution in [0.1, 0.15) is 46.1 Å². The molecule has 1 atom stereocenters. The van der Waals surface area contributed by atoms with Gasteiger partial charge in [0.15, 0.2) is 5.65 Å². The van der Waals surface area contributed by atoms with Crippen molar-refractivity contribution in [2.24, 2.45) is 0 Å². The number of piperidine rings is 1. The number of amides is 1. The van der Waals surface area contributed by atoms with Crippen LogP contribution in [0.3, 0.4) is 0 Å². The number of rotatable bonds is 4. The van der Waals surface area contributed by atoms with Crippen molar-refractivity contribution in [3.05, 3.63) is 77.5 Å². The van der Waals surface area contributed by atoms with Gasteiger partial charge in [0, 0.05) is 42.8 Å². The van der Waals surface area contributed by atoms with E-state index >= 15 is 0 Å². The number of aromatic nitrogens is 4. The number of benzene rings is 1. The van der Waals surface area contributed by atoms with Crippen LogP contribution in [0.25, 0.3) is 16.8 Å². The lowest BCUT2D eigenvalue weighted by atomic mass is 9.92. The monoisotopic (exact) mass is 441 g/mol. The van der Waals surface area contributed by atoms with Gasteiger partial charge in [-0.1, -0.05) is 12.1 Å². The Morgan fingerprint density at radius 2 is 1.91 bits per heavy atom. The predicted octanol–water partition coefficient (Wildman–Crippen LogP) is 4.44. The molecule has 1 fully saturated rings. The van der Waals surface area contributed by atoms with Gasteiger partial charge in [0.05, 0.1) is 13.3 Å². The Hall–Kier alpha value is -3.74. The highest BCUT2D eigenvalue weighted by atomic mass is 16.5. The third-order valence-corrected chi connectivity index (χ3v) is 6.24. The molecule has 0 unspecified atom stereocenters. The van der Waals surface area contributed by atoms with E-state index in [1.54, 1.807) is 24.0 Å². The topological polar surface area (TPSA) is 72.6 Å². The summed E-state index contributed by atoms with van der Waals surface area (Å²) in [5.74, 6) is 1.01. The molecule has 4 aromatic rings. The number of aryl methyl sites for hydroxylation is 2. The van der Waals surface area contributed by atoms with Crippen LogP contribution in [0.15, 0.2) is 55.0 Å². The zero-order valence-electron chi connectivity index (χ0n) is 19.2. The largest absolute Gasteiger partial charge is 0.497 e. The van der Waals surface area contributed by atoms with Crippen LogP contribution in [-0.4, -0.2) is 50.6 Å². The van der Waals surface area contributed by atoms with Crippen LogP contribution in [0.4, 0.5) is 0 Å². The smallest absolute Gasteiger partial charge is 0.259 e. The average Bonchev–Trinajstić information content (AvgIpc) is 3.26. The molecule has 1 aromatic carbocycles. The number of carbonyl (C=O) groups excluding carboxylic acids is 1. The fourth-order valence-electron chi connectivity index (χ4n) is 4.55. The first kappa shape index (κ1) is 21.1. The van der Waals surface area contributed by atoms with Crippen molar-refractivity contribution in [2.75, 3.05) is 20.2 Å². The number of carbonyl (C=O) groups is 1. The van der Waals surface area contributed by atoms with E-state index in [-0.39, 0.29) is 11.8 Å². The first-order chi connectivity index (χ1) is 16.0. The molecule has 7 nitrogen and oxygen atoms in total. The molecule has 0 N–H and O–H groups in total. The van der Waals surface area contributed by atoms with E-state index in [0.717, 1.165) is 53.2 Å². The summed E-state index contributed by atoms with van der Waals surface area (Å²) < 4.78 is 6.96. The number of likely N-dealkylation sites (tertiary alicyclic amines) is 1. The number of pyridine rings is 1. The zero-order chi connectivity index (χ0) is 22.9. The molecule has 0 aliphatic carbocycles. The van der Waals surface area contributed by atoms with Gasteiger partial charge in [-0.3, -0.25) is 9.78 Å². The summed E-state index contributed by atoms with van der Waals surface area (Å²) in [5, 5.41) is 4.33. The lowest BCUT2D eigenvalue weighted by Gasteiger charge is -2.32. The van der Waals surface area contributed by atoms with E-state index in [0.29, 0.717) is 17.8 Å². The molecule has 1 aliphatic rings. The molecule has 3 aromatic heterocycles. The molecular formula is C26H27N5O2. The predicted molar refractivity (Wildman–Crippen MR) is 127 cm³/mol. The molecule has 4 heterocycles. The van der Waals surface area contributed by atoms with Crippen LogP contribution in [0.2, 0.25) is 0 Å². The van der Waals surface area contributed by atoms with E-state index < -0.39 is 0 Å². The molecule has 5 rings (SSSR count). The summed E-state index contributed by atoms with van der Waals surface area (Å²) in [6, 6.07) is 12.3. The van der Waals surface area contributed by atoms with Crippen LogP contribution in [0.5, 0.6) is 5.75 Å². The van der Waals surface area contributed by atoms with Gasteiger partial charge < -0.3 is 9.64 Å². The van der Waals surface area contributed by atoms with Gasteiger partial charge in [-0.05, 0) is 67.6 Å². The van der Waals surface area contributed by atoms with Crippen molar-refractivity contribution >= 4 is 11.6 Å². The Kier molecular flexibility index (Phi) is 5.54. The minimum absolute atomic E-state index is 0.0194. The highest BCUT2D eigenvalue weighted by Crippen LogP contribution is 2.31. The molecular weight excluding hydrogens is 414 g/mol. The van der Waals surface area contributed by atoms with E-state index in [9.17, 15) is 4.79 Å². The lowest BCUT2D eigenvalue weighted by Crippen LogP contribution is -2.39. The van der Waals surface area contributed by atoms with E-state index in [4.69, 9.17) is 9.72 Å². The quantitative estimate of drug-likeness (QED) is 0.468. The standard InChI is InChI=1S/C26H27N5O2/c1-17-13-27-25-23(14-28-31(25)15-17)26(32)30-10-4-5-20(16-30)24-12-21(11-18(2)29-24)19-6-8-22(33-3)9-7-19/h6-9,11-15,20H,4-5,10,16H2,1-3H3/t20-/m0/s1. The maximum absolute atomic E-state index is 13.4. The lowest BCUT2D eigenvalue weighted by molar-refractivity contribution is 0.0707. The molecule has 1 amide bonds. The molecule has 1 aliphatic heterocycles. The second-order valence-electron chi connectivity index (χ2n) is 8.70. The summed E-state index contributed by atoms with van der Waals surface area (Å²) in [4.78, 5) is 24.5. The fraction of sp³-hybridized carbons (Fsp3) is 0.308. The molecule has 33 heavy (non-hydrogen) atoms. The molecule has 0 radical (unpaired) electrons. The number of methoxy groups -OCH3 is 1. The van der Waals surface area contributed by atoms with Gasteiger partial charge in [0.1, 0.15) is 11.3 Å². The number of hydrogen-bond acceptors (Lipinski definition) is 5. The highest BCUT2D eigenvalue weighted by molar-refractivity contribution is 5.99. The van der Waals surface area contributed by atoms with Gasteiger partial charge in [0.2, 0.25) is 0 Å². The summed E-state index contributed by atoms with van der Waals surface area (Å²) in [7, 11) is 1.67. The average molecular weight is 442 g/mol. The van der Waals surface area contributed by atoms with Crippen molar-refractivity contribution in [3.63, 3.8) is 0 Å². The van der Waals surface area contributed by atoms with E-state index in [1.165, 1.54) is 0 Å². The van der Waals surface area contributed by atoms with Gasteiger partial charge in [-0.15, -0.1) is 0 Å². The Labute approximate surface area is 193 Å². The first-order valence-electron chi connectivity index (χ1n) is 11.2. The number of ether oxygens (including phenoxy) is 1. The summed E-state index contributed by atoms with van der Waals surface area (Å²) >= 11 is 0. The zero-order valence-corrected chi connectivity index (χ0v) is 19.2. The Balaban J connectivity index is 1.40. The minimum Gasteiger partial charge on any atom is -0.497 e. The fourth-order valence-corrected chi connectivity index (χ4v) is 4.55. The summed E-state index contributed by atoms with van der Waals surface area (Å²) in [6.07, 6.45) is 7.23. The Morgan fingerprint density at radius 3 is 2.70 bits per heavy atom. The van der Waals surface area contributed by atoms with E-state index in [2.05, 4.69) is 34.3 Å². The van der Waals surface area contributed by atoms with Crippen LogP contribution >= 0.6 is 0 Å². The number of hydrogen-bond donors (Lipinski definition) is 0. The Bertz CT molecular complexity index is 1310. The van der Waals surface area contributed by atoms with Gasteiger partial charge in [-0.25, -0.2) is 9.50 Å². The van der Waals surface area contributed by atoms with Gasteiger partial charge >= 0.3 is 0 Å². The SMILES string of the molecule is COc1ccc(-c2cc(C)nc([C@H]3CCCN(C(=O)c4cnn5cc(C)cnc45)C3)c2)cc1. The van der Waals surface area contributed by atoms with E-state index in [1.807, 2.05) is 37.1 Å². The Morgan fingerprint density at radius 1 is 1.09 bits per heavy atom. The minimum atomic E-state index is -0.0194. The maximum Gasteiger partial charge on any atom is 0.259 e. The normalized spacial score (nSPS) is 16.2. The molecule has 1 saturated heterocycles. The third kappa shape index (κ3) is 4.18. The third-order valence-electron chi connectivity index (χ3n) is 6.24. The van der Waals surface area contributed by atoms with Crippen molar-refractivity contribution < 1.29 is 9.53 Å². The molecule has 0 spiro atoms. The molecule has 7 heteroatoms. The second-order valence-corrected chi connectivity index (χ2v) is 8.70. The number of fused-ring (bicyclic) bond motifs is 1.